The van der Waals surface area contributed by atoms with Crippen LogP contribution in [0.3, 0.4) is 0 Å². The molecule has 3 amide bonds. The van der Waals surface area contributed by atoms with E-state index < -0.39 is 0 Å². The monoisotopic (exact) mass is 388 g/mol. The zero-order valence-electron chi connectivity index (χ0n) is 16.1. The quantitative estimate of drug-likeness (QED) is 0.631. The van der Waals surface area contributed by atoms with E-state index in [1.807, 2.05) is 24.3 Å². The summed E-state index contributed by atoms with van der Waals surface area (Å²) in [6, 6.07) is 7.34. The number of anilines is 1. The van der Waals surface area contributed by atoms with Crippen LogP contribution >= 0.6 is 0 Å². The number of piperidine rings is 1. The van der Waals surface area contributed by atoms with Crippen LogP contribution in [0.25, 0.3) is 0 Å². The number of nitrogens with zero attached hydrogens (tertiary/aromatic N) is 2. The summed E-state index contributed by atoms with van der Waals surface area (Å²) in [5.41, 5.74) is 6.11. The molecule has 1 unspecified atom stereocenters. The molecule has 2 heterocycles. The van der Waals surface area contributed by atoms with Gasteiger partial charge in [0.15, 0.2) is 6.61 Å². The van der Waals surface area contributed by atoms with Gasteiger partial charge in [0.1, 0.15) is 5.75 Å². The summed E-state index contributed by atoms with van der Waals surface area (Å²) in [6.45, 7) is 3.42. The first-order valence-corrected chi connectivity index (χ1v) is 9.85. The van der Waals surface area contributed by atoms with Crippen molar-refractivity contribution in [2.75, 3.05) is 44.2 Å². The van der Waals surface area contributed by atoms with Crippen molar-refractivity contribution >= 4 is 23.4 Å². The van der Waals surface area contributed by atoms with Crippen LogP contribution in [0.5, 0.6) is 5.75 Å². The molecule has 8 nitrogen and oxygen atoms in total. The maximum Gasteiger partial charge on any atom is 0.265 e. The second kappa shape index (κ2) is 9.54. The van der Waals surface area contributed by atoms with Crippen LogP contribution in [0, 0.1) is 5.92 Å². The first-order valence-electron chi connectivity index (χ1n) is 9.85. The molecule has 0 saturated carbocycles. The molecule has 0 aliphatic carbocycles. The number of likely N-dealkylation sites (tertiary alicyclic amines) is 1. The molecule has 3 rings (SSSR count). The highest BCUT2D eigenvalue weighted by atomic mass is 16.5. The van der Waals surface area contributed by atoms with E-state index in [4.69, 9.17) is 10.5 Å². The van der Waals surface area contributed by atoms with Crippen molar-refractivity contribution in [3.63, 3.8) is 0 Å². The molecular formula is C20H28N4O4. The van der Waals surface area contributed by atoms with Gasteiger partial charge in [-0.2, -0.15) is 0 Å². The third kappa shape index (κ3) is 5.22. The zero-order chi connectivity index (χ0) is 19.9. The molecule has 1 saturated heterocycles. The number of primary amides is 1. The summed E-state index contributed by atoms with van der Waals surface area (Å²) in [4.78, 5) is 39.4. The van der Waals surface area contributed by atoms with Crippen molar-refractivity contribution < 1.29 is 19.1 Å². The lowest BCUT2D eigenvalue weighted by Crippen LogP contribution is -2.42. The first kappa shape index (κ1) is 20.1. The number of hydrogen-bond donors (Lipinski definition) is 2. The fourth-order valence-electron chi connectivity index (χ4n) is 3.72. The molecule has 3 N–H and O–H groups in total. The molecule has 2 aliphatic heterocycles. The highest BCUT2D eigenvalue weighted by molar-refractivity contribution is 5.98. The highest BCUT2D eigenvalue weighted by Crippen LogP contribution is 2.31. The van der Waals surface area contributed by atoms with E-state index in [0.29, 0.717) is 31.1 Å². The van der Waals surface area contributed by atoms with Gasteiger partial charge in [-0.05, 0) is 44.5 Å². The fraction of sp³-hybridized carbons (Fsp3) is 0.550. The number of benzene rings is 1. The van der Waals surface area contributed by atoms with Crippen molar-refractivity contribution in [3.8, 4) is 5.75 Å². The second-order valence-electron chi connectivity index (χ2n) is 7.30. The summed E-state index contributed by atoms with van der Waals surface area (Å²) < 4.78 is 5.41. The van der Waals surface area contributed by atoms with Crippen molar-refractivity contribution in [3.05, 3.63) is 24.3 Å². The number of para-hydroxylation sites is 2. The van der Waals surface area contributed by atoms with Crippen molar-refractivity contribution in [1.82, 2.24) is 10.2 Å². The minimum Gasteiger partial charge on any atom is -0.482 e. The van der Waals surface area contributed by atoms with Gasteiger partial charge < -0.3 is 25.6 Å². The molecular weight excluding hydrogens is 360 g/mol. The van der Waals surface area contributed by atoms with Crippen molar-refractivity contribution in [2.45, 2.75) is 25.7 Å². The molecule has 0 spiro atoms. The van der Waals surface area contributed by atoms with E-state index >= 15 is 0 Å². The molecule has 0 radical (unpaired) electrons. The van der Waals surface area contributed by atoms with Crippen LogP contribution in [-0.4, -0.2) is 62.0 Å². The predicted molar refractivity (Wildman–Crippen MR) is 105 cm³/mol. The van der Waals surface area contributed by atoms with Crippen LogP contribution in [0.2, 0.25) is 0 Å². The van der Waals surface area contributed by atoms with Gasteiger partial charge in [-0.3, -0.25) is 14.4 Å². The molecule has 8 heteroatoms. The Labute approximate surface area is 165 Å². The number of nitrogens with one attached hydrogen (secondary N) is 1. The lowest BCUT2D eigenvalue weighted by molar-refractivity contribution is -0.123. The van der Waals surface area contributed by atoms with Gasteiger partial charge in [0.2, 0.25) is 11.8 Å². The lowest BCUT2D eigenvalue weighted by Gasteiger charge is -2.31. The molecule has 0 aromatic heterocycles. The average Bonchev–Trinajstić information content (AvgIpc) is 2.70. The van der Waals surface area contributed by atoms with Gasteiger partial charge in [-0.25, -0.2) is 0 Å². The smallest absolute Gasteiger partial charge is 0.265 e. The van der Waals surface area contributed by atoms with Gasteiger partial charge in [0.05, 0.1) is 11.6 Å². The Balaban J connectivity index is 1.36. The second-order valence-corrected chi connectivity index (χ2v) is 7.30. The molecule has 0 bridgehead atoms. The largest absolute Gasteiger partial charge is 0.482 e. The molecule has 1 fully saturated rings. The summed E-state index contributed by atoms with van der Waals surface area (Å²) in [5, 5.41) is 2.91. The van der Waals surface area contributed by atoms with E-state index in [1.165, 1.54) is 0 Å². The normalized spacial score (nSPS) is 19.6. The Kier molecular flexibility index (Phi) is 6.86. The highest BCUT2D eigenvalue weighted by Gasteiger charge is 2.25. The predicted octanol–water partition coefficient (Wildman–Crippen LogP) is 0.506. The molecule has 28 heavy (non-hydrogen) atoms. The lowest BCUT2D eigenvalue weighted by atomic mass is 9.97. The first-order chi connectivity index (χ1) is 13.5. The van der Waals surface area contributed by atoms with Crippen LogP contribution < -0.4 is 20.7 Å². The summed E-state index contributed by atoms with van der Waals surface area (Å²) >= 11 is 0. The summed E-state index contributed by atoms with van der Waals surface area (Å²) in [7, 11) is 0. The van der Waals surface area contributed by atoms with Gasteiger partial charge >= 0.3 is 0 Å². The maximum atomic E-state index is 12.1. The number of ether oxygens (including phenoxy) is 1. The van der Waals surface area contributed by atoms with E-state index in [1.54, 1.807) is 4.90 Å². The van der Waals surface area contributed by atoms with E-state index in [-0.39, 0.29) is 36.7 Å². The topological polar surface area (TPSA) is 105 Å². The summed E-state index contributed by atoms with van der Waals surface area (Å²) in [5.74, 6) is 0.166. The van der Waals surface area contributed by atoms with Crippen LogP contribution in [0.4, 0.5) is 5.69 Å². The number of carbonyl (C=O) groups excluding carboxylic acids is 3. The standard InChI is InChI=1S/C20H28N4O4/c21-20(27)15-5-3-10-23(13-15)11-4-9-22-18(25)8-12-24-16-6-1-2-7-17(16)28-14-19(24)26/h1-2,6-7,15H,3-5,8-14H2,(H2,21,27)(H,22,25). The van der Waals surface area contributed by atoms with Gasteiger partial charge in [-0.15, -0.1) is 0 Å². The van der Waals surface area contributed by atoms with E-state index in [0.717, 1.165) is 32.4 Å². The van der Waals surface area contributed by atoms with Gasteiger partial charge in [0, 0.05) is 26.1 Å². The number of nitrogens with two attached hydrogens (primary N) is 1. The third-order valence-corrected chi connectivity index (χ3v) is 5.25. The third-order valence-electron chi connectivity index (χ3n) is 5.25. The van der Waals surface area contributed by atoms with E-state index in [2.05, 4.69) is 10.2 Å². The minimum absolute atomic E-state index is 0.000758. The molecule has 1 aromatic rings. The van der Waals surface area contributed by atoms with E-state index in [9.17, 15) is 14.4 Å². The van der Waals surface area contributed by atoms with Crippen molar-refractivity contribution in [2.24, 2.45) is 11.7 Å². The minimum atomic E-state index is -0.225. The molecule has 2 aliphatic rings. The number of carbonyl (C=O) groups is 3. The fourth-order valence-corrected chi connectivity index (χ4v) is 3.72. The number of rotatable bonds is 8. The Morgan fingerprint density at radius 1 is 1.25 bits per heavy atom. The zero-order valence-corrected chi connectivity index (χ0v) is 16.1. The molecule has 1 atom stereocenters. The Morgan fingerprint density at radius 3 is 2.89 bits per heavy atom. The van der Waals surface area contributed by atoms with Crippen LogP contribution in [0.1, 0.15) is 25.7 Å². The average molecular weight is 388 g/mol. The van der Waals surface area contributed by atoms with Crippen LogP contribution in [0.15, 0.2) is 24.3 Å². The van der Waals surface area contributed by atoms with Crippen molar-refractivity contribution in [1.29, 1.82) is 0 Å². The molecule has 152 valence electrons. The Hall–Kier alpha value is -2.61. The molecule has 1 aromatic carbocycles. The number of amides is 3. The number of hydrogen-bond acceptors (Lipinski definition) is 5. The Morgan fingerprint density at radius 2 is 2.07 bits per heavy atom. The summed E-state index contributed by atoms with van der Waals surface area (Å²) in [6.07, 6.45) is 2.91. The Bertz CT molecular complexity index is 724. The van der Waals surface area contributed by atoms with Crippen LogP contribution in [-0.2, 0) is 14.4 Å². The van der Waals surface area contributed by atoms with Gasteiger partial charge in [-0.1, -0.05) is 12.1 Å². The SMILES string of the molecule is NC(=O)C1CCCN(CCCNC(=O)CCN2C(=O)COc3ccccc32)C1. The van der Waals surface area contributed by atoms with Gasteiger partial charge in [0.25, 0.3) is 5.91 Å². The maximum absolute atomic E-state index is 12.1. The number of fused-ring (bicyclic) bond motifs is 1.